The van der Waals surface area contributed by atoms with E-state index in [9.17, 15) is 4.79 Å². The summed E-state index contributed by atoms with van der Waals surface area (Å²) in [4.78, 5) is 15.1. The summed E-state index contributed by atoms with van der Waals surface area (Å²) in [7, 11) is 0. The fraction of sp³-hybridized carbons (Fsp3) is 0.0909. The number of nitrogens with two attached hydrogens (primary N) is 1. The Morgan fingerprint density at radius 1 is 1.38 bits per heavy atom. The number of nitrogens with zero attached hydrogens (tertiary/aromatic N) is 2. The molecule has 0 radical (unpaired) electrons. The summed E-state index contributed by atoms with van der Waals surface area (Å²) in [6, 6.07) is 7.73. The maximum Gasteiger partial charge on any atom is 0.237 e. The van der Waals surface area contributed by atoms with Crippen LogP contribution >= 0.6 is 15.9 Å². The van der Waals surface area contributed by atoms with E-state index in [1.165, 1.54) is 0 Å². The lowest BCUT2D eigenvalue weighted by Gasteiger charge is -2.05. The minimum atomic E-state index is -0.378. The molecule has 1 aromatic heterocycles. The SMILES string of the molecule is NC(=O)Cn1ccnc1-c1ccc(Br)cc1. The number of benzene rings is 1. The number of rotatable bonds is 3. The molecule has 4 nitrogen and oxygen atoms in total. The van der Waals surface area contributed by atoms with Crippen LogP contribution in [-0.4, -0.2) is 15.5 Å². The number of amides is 1. The third-order valence-corrected chi connectivity index (χ3v) is 2.67. The largest absolute Gasteiger partial charge is 0.368 e. The molecule has 5 heteroatoms. The van der Waals surface area contributed by atoms with Gasteiger partial charge < -0.3 is 10.3 Å². The zero-order valence-corrected chi connectivity index (χ0v) is 10.0. The summed E-state index contributed by atoms with van der Waals surface area (Å²) in [6.45, 7) is 0.144. The van der Waals surface area contributed by atoms with Crippen molar-refractivity contribution < 1.29 is 4.79 Å². The number of aromatic nitrogens is 2. The summed E-state index contributed by atoms with van der Waals surface area (Å²) < 4.78 is 2.73. The third-order valence-electron chi connectivity index (χ3n) is 2.14. The van der Waals surface area contributed by atoms with Crippen molar-refractivity contribution in [2.45, 2.75) is 6.54 Å². The van der Waals surface area contributed by atoms with Crippen molar-refractivity contribution >= 4 is 21.8 Å². The quantitative estimate of drug-likeness (QED) is 0.931. The summed E-state index contributed by atoms with van der Waals surface area (Å²) in [5.74, 6) is 0.364. The molecule has 0 bridgehead atoms. The van der Waals surface area contributed by atoms with Crippen LogP contribution in [0.4, 0.5) is 0 Å². The molecule has 0 aliphatic rings. The average Bonchev–Trinajstić information content (AvgIpc) is 2.66. The molecule has 0 aliphatic heterocycles. The number of imidazole rings is 1. The molecule has 1 amide bonds. The lowest BCUT2D eigenvalue weighted by atomic mass is 10.2. The van der Waals surface area contributed by atoms with Crippen LogP contribution in [0.15, 0.2) is 41.1 Å². The topological polar surface area (TPSA) is 60.9 Å². The molecule has 0 atom stereocenters. The average molecular weight is 280 g/mol. The molecule has 0 saturated carbocycles. The molecule has 0 saturated heterocycles. The van der Waals surface area contributed by atoms with Gasteiger partial charge in [-0.1, -0.05) is 28.1 Å². The van der Waals surface area contributed by atoms with E-state index in [1.807, 2.05) is 24.3 Å². The number of halogens is 1. The van der Waals surface area contributed by atoms with Gasteiger partial charge in [-0.2, -0.15) is 0 Å². The second kappa shape index (κ2) is 4.49. The van der Waals surface area contributed by atoms with E-state index in [0.29, 0.717) is 0 Å². The molecule has 2 N–H and O–H groups in total. The number of primary amides is 1. The first-order valence-corrected chi connectivity index (χ1v) is 5.51. The molecule has 1 heterocycles. The normalized spacial score (nSPS) is 10.3. The van der Waals surface area contributed by atoms with Crippen molar-refractivity contribution in [1.82, 2.24) is 9.55 Å². The fourth-order valence-corrected chi connectivity index (χ4v) is 1.73. The molecular formula is C11H10BrN3O. The van der Waals surface area contributed by atoms with Crippen LogP contribution in [0, 0.1) is 0 Å². The number of carbonyl (C=O) groups is 1. The van der Waals surface area contributed by atoms with Crippen LogP contribution in [0.5, 0.6) is 0 Å². The highest BCUT2D eigenvalue weighted by Gasteiger charge is 2.07. The number of hydrogen-bond donors (Lipinski definition) is 1. The van der Waals surface area contributed by atoms with Gasteiger partial charge in [0, 0.05) is 22.4 Å². The number of carbonyl (C=O) groups excluding carboxylic acids is 1. The van der Waals surface area contributed by atoms with E-state index in [0.717, 1.165) is 15.9 Å². The maximum atomic E-state index is 10.9. The molecule has 0 unspecified atom stereocenters. The van der Waals surface area contributed by atoms with Gasteiger partial charge in [-0.15, -0.1) is 0 Å². The van der Waals surface area contributed by atoms with Crippen LogP contribution in [0.2, 0.25) is 0 Å². The van der Waals surface area contributed by atoms with Crippen molar-refractivity contribution in [2.75, 3.05) is 0 Å². The smallest absolute Gasteiger partial charge is 0.237 e. The fourth-order valence-electron chi connectivity index (χ4n) is 1.46. The molecular weight excluding hydrogens is 270 g/mol. The Balaban J connectivity index is 2.36. The molecule has 2 rings (SSSR count). The molecule has 82 valence electrons. The summed E-state index contributed by atoms with van der Waals surface area (Å²) in [6.07, 6.45) is 3.39. The van der Waals surface area contributed by atoms with Crippen LogP contribution < -0.4 is 5.73 Å². The van der Waals surface area contributed by atoms with Crippen molar-refractivity contribution in [2.24, 2.45) is 5.73 Å². The lowest BCUT2D eigenvalue weighted by Crippen LogP contribution is -2.18. The first kappa shape index (κ1) is 10.9. The van der Waals surface area contributed by atoms with E-state index in [4.69, 9.17) is 5.73 Å². The molecule has 1 aromatic carbocycles. The van der Waals surface area contributed by atoms with Crippen LogP contribution in [0.1, 0.15) is 0 Å². The Bertz CT molecular complexity index is 504. The zero-order valence-electron chi connectivity index (χ0n) is 8.43. The van der Waals surface area contributed by atoms with E-state index in [-0.39, 0.29) is 12.5 Å². The summed E-state index contributed by atoms with van der Waals surface area (Å²) in [5.41, 5.74) is 6.11. The Morgan fingerprint density at radius 3 is 2.69 bits per heavy atom. The van der Waals surface area contributed by atoms with Gasteiger partial charge in [-0.25, -0.2) is 4.98 Å². The van der Waals surface area contributed by atoms with E-state index < -0.39 is 0 Å². The van der Waals surface area contributed by atoms with Gasteiger partial charge in [0.15, 0.2) is 0 Å². The minimum Gasteiger partial charge on any atom is -0.368 e. The third kappa shape index (κ3) is 2.30. The van der Waals surface area contributed by atoms with E-state index in [1.54, 1.807) is 17.0 Å². The Kier molecular flexibility index (Phi) is 3.05. The second-order valence-electron chi connectivity index (χ2n) is 3.35. The number of hydrogen-bond acceptors (Lipinski definition) is 2. The Hall–Kier alpha value is -1.62. The summed E-state index contributed by atoms with van der Waals surface area (Å²) >= 11 is 3.37. The molecule has 16 heavy (non-hydrogen) atoms. The monoisotopic (exact) mass is 279 g/mol. The lowest BCUT2D eigenvalue weighted by molar-refractivity contribution is -0.118. The van der Waals surface area contributed by atoms with Crippen LogP contribution in [0.25, 0.3) is 11.4 Å². The first-order valence-electron chi connectivity index (χ1n) is 4.72. The van der Waals surface area contributed by atoms with Crippen molar-refractivity contribution in [1.29, 1.82) is 0 Å². The Labute approximate surface area is 101 Å². The Morgan fingerprint density at radius 2 is 2.06 bits per heavy atom. The van der Waals surface area contributed by atoms with Gasteiger partial charge in [0.05, 0.1) is 0 Å². The maximum absolute atomic E-state index is 10.9. The van der Waals surface area contributed by atoms with Gasteiger partial charge >= 0.3 is 0 Å². The molecule has 0 spiro atoms. The molecule has 2 aromatic rings. The van der Waals surface area contributed by atoms with Crippen LogP contribution in [-0.2, 0) is 11.3 Å². The van der Waals surface area contributed by atoms with Crippen molar-refractivity contribution in [3.8, 4) is 11.4 Å². The summed E-state index contributed by atoms with van der Waals surface area (Å²) in [5, 5.41) is 0. The van der Waals surface area contributed by atoms with Gasteiger partial charge in [0.25, 0.3) is 0 Å². The van der Waals surface area contributed by atoms with Crippen LogP contribution in [0.3, 0.4) is 0 Å². The van der Waals surface area contributed by atoms with E-state index in [2.05, 4.69) is 20.9 Å². The molecule has 0 aliphatic carbocycles. The zero-order chi connectivity index (χ0) is 11.5. The highest BCUT2D eigenvalue weighted by Crippen LogP contribution is 2.20. The van der Waals surface area contributed by atoms with E-state index >= 15 is 0 Å². The van der Waals surface area contributed by atoms with Gasteiger partial charge in [0.2, 0.25) is 5.91 Å². The highest BCUT2D eigenvalue weighted by molar-refractivity contribution is 9.10. The highest BCUT2D eigenvalue weighted by atomic mass is 79.9. The first-order chi connectivity index (χ1) is 7.66. The van der Waals surface area contributed by atoms with Crippen molar-refractivity contribution in [3.63, 3.8) is 0 Å². The van der Waals surface area contributed by atoms with Crippen molar-refractivity contribution in [3.05, 3.63) is 41.1 Å². The van der Waals surface area contributed by atoms with Gasteiger partial charge in [-0.3, -0.25) is 4.79 Å². The predicted molar refractivity (Wildman–Crippen MR) is 64.6 cm³/mol. The molecule has 0 fully saturated rings. The second-order valence-corrected chi connectivity index (χ2v) is 4.27. The minimum absolute atomic E-state index is 0.144. The van der Waals surface area contributed by atoms with Gasteiger partial charge in [-0.05, 0) is 12.1 Å². The standard InChI is InChI=1S/C11H10BrN3O/c12-9-3-1-8(2-4-9)11-14-5-6-15(11)7-10(13)16/h1-6H,7H2,(H2,13,16). The predicted octanol–water partition coefficient (Wildman–Crippen LogP) is 1.80. The van der Waals surface area contributed by atoms with Gasteiger partial charge in [0.1, 0.15) is 12.4 Å².